The van der Waals surface area contributed by atoms with Gasteiger partial charge in [0, 0.05) is 13.1 Å². The van der Waals surface area contributed by atoms with Crippen molar-refractivity contribution in [3.05, 3.63) is 23.8 Å². The van der Waals surface area contributed by atoms with Crippen LogP contribution < -0.4 is 5.32 Å². The van der Waals surface area contributed by atoms with Gasteiger partial charge in [-0.25, -0.2) is 9.78 Å². The topological polar surface area (TPSA) is 78.1 Å². The van der Waals surface area contributed by atoms with E-state index in [0.29, 0.717) is 18.2 Å². The van der Waals surface area contributed by atoms with E-state index in [0.717, 1.165) is 16.6 Å². The molecule has 1 aliphatic rings. The smallest absolute Gasteiger partial charge is 0.324 e. The minimum Gasteiger partial charge on any atom is -0.336 e. The summed E-state index contributed by atoms with van der Waals surface area (Å²) in [5.74, 6) is 0.00769. The van der Waals surface area contributed by atoms with Gasteiger partial charge in [-0.1, -0.05) is 17.8 Å². The normalized spacial score (nSPS) is 14.8. The molecule has 1 saturated heterocycles. The zero-order valence-corrected chi connectivity index (χ0v) is 11.8. The molecule has 0 radical (unpaired) electrons. The van der Waals surface area contributed by atoms with Crippen molar-refractivity contribution in [2.75, 3.05) is 18.8 Å². The molecular weight excluding hydrogens is 276 g/mol. The first-order valence-corrected chi connectivity index (χ1v) is 7.29. The Morgan fingerprint density at radius 2 is 2.35 bits per heavy atom. The fourth-order valence-electron chi connectivity index (χ4n) is 2.09. The molecule has 0 atom stereocenters. The van der Waals surface area contributed by atoms with Crippen LogP contribution in [0.3, 0.4) is 0 Å². The average Bonchev–Trinajstić information content (AvgIpc) is 3.01. The van der Waals surface area contributed by atoms with Crippen molar-refractivity contribution in [3.8, 4) is 0 Å². The van der Waals surface area contributed by atoms with Crippen molar-refractivity contribution in [1.82, 2.24) is 20.2 Å². The molecule has 3 amide bonds. The highest BCUT2D eigenvalue weighted by Crippen LogP contribution is 2.20. The van der Waals surface area contributed by atoms with Gasteiger partial charge in [0.25, 0.3) is 0 Å². The third-order valence-corrected chi connectivity index (χ3v) is 3.96. The van der Waals surface area contributed by atoms with Gasteiger partial charge in [-0.15, -0.1) is 0 Å². The highest BCUT2D eigenvalue weighted by atomic mass is 32.2. The first-order valence-electron chi connectivity index (χ1n) is 6.31. The predicted molar refractivity (Wildman–Crippen MR) is 76.7 cm³/mol. The van der Waals surface area contributed by atoms with Crippen LogP contribution in [0.25, 0.3) is 11.0 Å². The summed E-state index contributed by atoms with van der Waals surface area (Å²) in [6, 6.07) is 5.65. The first-order chi connectivity index (χ1) is 9.63. The van der Waals surface area contributed by atoms with Crippen LogP contribution in [0, 0.1) is 6.92 Å². The molecule has 0 spiro atoms. The third-order valence-electron chi connectivity index (χ3n) is 3.11. The summed E-state index contributed by atoms with van der Waals surface area (Å²) in [6.45, 7) is 2.99. The number of thioether (sulfide) groups is 1. The number of imidazole rings is 1. The lowest BCUT2D eigenvalue weighted by Gasteiger charge is -2.10. The Balaban J connectivity index is 1.67. The second-order valence-corrected chi connectivity index (χ2v) is 5.59. The summed E-state index contributed by atoms with van der Waals surface area (Å²) < 4.78 is 0. The molecule has 6 nitrogen and oxygen atoms in total. The second kappa shape index (κ2) is 5.16. The molecule has 3 rings (SSSR count). The number of imide groups is 1. The first kappa shape index (κ1) is 13.0. The van der Waals surface area contributed by atoms with Gasteiger partial charge >= 0.3 is 6.03 Å². The molecule has 1 aromatic heterocycles. The monoisotopic (exact) mass is 290 g/mol. The van der Waals surface area contributed by atoms with E-state index in [-0.39, 0.29) is 17.7 Å². The second-order valence-electron chi connectivity index (χ2n) is 4.63. The van der Waals surface area contributed by atoms with Crippen molar-refractivity contribution in [3.63, 3.8) is 0 Å². The van der Waals surface area contributed by atoms with Crippen LogP contribution in [0.1, 0.15) is 5.56 Å². The van der Waals surface area contributed by atoms with Crippen LogP contribution in [-0.2, 0) is 4.79 Å². The van der Waals surface area contributed by atoms with Gasteiger partial charge in [-0.2, -0.15) is 0 Å². The number of hydrogen-bond acceptors (Lipinski definition) is 4. The van der Waals surface area contributed by atoms with E-state index < -0.39 is 0 Å². The summed E-state index contributed by atoms with van der Waals surface area (Å²) in [7, 11) is 0. The number of rotatable bonds is 3. The molecule has 0 saturated carbocycles. The number of carbonyl (C=O) groups excluding carboxylic acids is 2. The Morgan fingerprint density at radius 3 is 3.10 bits per heavy atom. The zero-order valence-electron chi connectivity index (χ0n) is 11.0. The number of aryl methyl sites for hydroxylation is 1. The van der Waals surface area contributed by atoms with Crippen LogP contribution in [0.5, 0.6) is 0 Å². The van der Waals surface area contributed by atoms with E-state index in [9.17, 15) is 9.59 Å². The number of fused-ring (bicyclic) bond motifs is 1. The molecule has 2 heterocycles. The maximum atomic E-state index is 11.9. The molecular formula is C13H14N4O2S. The summed E-state index contributed by atoms with van der Waals surface area (Å²) in [6.07, 6.45) is 0. The van der Waals surface area contributed by atoms with Crippen molar-refractivity contribution in [1.29, 1.82) is 0 Å². The number of hydrogen-bond donors (Lipinski definition) is 2. The van der Waals surface area contributed by atoms with E-state index >= 15 is 0 Å². The molecule has 1 aliphatic heterocycles. The standard InChI is InChI=1S/C13H14N4O2S/c1-8-2-3-9-10(6-8)16-12(15-9)20-7-11(18)17-5-4-14-13(17)19/h2-3,6H,4-5,7H2,1H3,(H,14,19)(H,15,16). The highest BCUT2D eigenvalue weighted by molar-refractivity contribution is 7.99. The van der Waals surface area contributed by atoms with Crippen LogP contribution in [0.4, 0.5) is 4.79 Å². The van der Waals surface area contributed by atoms with Gasteiger partial charge in [0.15, 0.2) is 5.16 Å². The number of aromatic nitrogens is 2. The molecule has 0 aliphatic carbocycles. The summed E-state index contributed by atoms with van der Waals surface area (Å²) in [5.41, 5.74) is 2.99. The number of nitrogens with zero attached hydrogens (tertiary/aromatic N) is 2. The van der Waals surface area contributed by atoms with E-state index in [4.69, 9.17) is 0 Å². The minimum absolute atomic E-state index is 0.193. The van der Waals surface area contributed by atoms with Crippen molar-refractivity contribution >= 4 is 34.7 Å². The predicted octanol–water partition coefficient (Wildman–Crippen LogP) is 1.52. The number of nitrogens with one attached hydrogen (secondary N) is 2. The van der Waals surface area contributed by atoms with Gasteiger partial charge in [-0.3, -0.25) is 9.69 Å². The number of benzene rings is 1. The lowest BCUT2D eigenvalue weighted by atomic mass is 10.2. The number of carbonyl (C=O) groups is 2. The van der Waals surface area contributed by atoms with E-state index in [2.05, 4.69) is 15.3 Å². The molecule has 0 bridgehead atoms. The van der Waals surface area contributed by atoms with E-state index in [1.807, 2.05) is 25.1 Å². The Labute approximate surface area is 119 Å². The largest absolute Gasteiger partial charge is 0.336 e. The molecule has 20 heavy (non-hydrogen) atoms. The quantitative estimate of drug-likeness (QED) is 0.840. The fourth-order valence-corrected chi connectivity index (χ4v) is 2.85. The van der Waals surface area contributed by atoms with Gasteiger partial charge in [0.2, 0.25) is 5.91 Å². The lowest BCUT2D eigenvalue weighted by Crippen LogP contribution is -2.35. The van der Waals surface area contributed by atoms with E-state index in [1.54, 1.807) is 0 Å². The van der Waals surface area contributed by atoms with Gasteiger partial charge < -0.3 is 10.3 Å². The van der Waals surface area contributed by atoms with E-state index in [1.165, 1.54) is 16.7 Å². The number of H-pyrrole nitrogens is 1. The Hall–Kier alpha value is -2.02. The fraction of sp³-hybridized carbons (Fsp3) is 0.308. The number of urea groups is 1. The lowest BCUT2D eigenvalue weighted by molar-refractivity contribution is -0.124. The minimum atomic E-state index is -0.309. The maximum absolute atomic E-state index is 11.9. The molecule has 0 unspecified atom stereocenters. The van der Waals surface area contributed by atoms with Gasteiger partial charge in [0.05, 0.1) is 16.8 Å². The molecule has 1 fully saturated rings. The molecule has 2 N–H and O–H groups in total. The summed E-state index contributed by atoms with van der Waals surface area (Å²) in [4.78, 5) is 32.1. The van der Waals surface area contributed by atoms with Crippen LogP contribution in [0.15, 0.2) is 23.4 Å². The Bertz CT molecular complexity index is 682. The van der Waals surface area contributed by atoms with Crippen molar-refractivity contribution < 1.29 is 9.59 Å². The average molecular weight is 290 g/mol. The van der Waals surface area contributed by atoms with Crippen molar-refractivity contribution in [2.24, 2.45) is 0 Å². The van der Waals surface area contributed by atoms with Crippen LogP contribution >= 0.6 is 11.8 Å². The number of amides is 3. The highest BCUT2D eigenvalue weighted by Gasteiger charge is 2.25. The summed E-state index contributed by atoms with van der Waals surface area (Å²) in [5, 5.41) is 3.30. The molecule has 2 aromatic rings. The third kappa shape index (κ3) is 2.49. The Kier molecular flexibility index (Phi) is 3.35. The maximum Gasteiger partial charge on any atom is 0.324 e. The van der Waals surface area contributed by atoms with Gasteiger partial charge in [-0.05, 0) is 24.6 Å². The SMILES string of the molecule is Cc1ccc2nc(SCC(=O)N3CCNC3=O)[nH]c2c1. The number of aromatic amines is 1. The van der Waals surface area contributed by atoms with Crippen LogP contribution in [0.2, 0.25) is 0 Å². The summed E-state index contributed by atoms with van der Waals surface area (Å²) >= 11 is 1.31. The van der Waals surface area contributed by atoms with Crippen molar-refractivity contribution in [2.45, 2.75) is 12.1 Å². The van der Waals surface area contributed by atoms with Gasteiger partial charge in [0.1, 0.15) is 0 Å². The Morgan fingerprint density at radius 1 is 1.50 bits per heavy atom. The molecule has 1 aromatic carbocycles. The molecule has 7 heteroatoms. The van der Waals surface area contributed by atoms with Crippen LogP contribution in [-0.4, -0.2) is 45.6 Å². The zero-order chi connectivity index (χ0) is 14.1. The molecule has 104 valence electrons.